The molecule has 96 valence electrons. The highest BCUT2D eigenvalue weighted by molar-refractivity contribution is 5.02. The number of hydrogen-bond acceptors (Lipinski definition) is 3. The van der Waals surface area contributed by atoms with Gasteiger partial charge in [0.1, 0.15) is 0 Å². The van der Waals surface area contributed by atoms with E-state index >= 15 is 0 Å². The standard InChI is InChI=1S/C13H22N2O2/c1-3-10(2)15-6-4-12(14-15)8-13(16)11-5-7-17-9-11/h4,6,10-11,13,16H,3,5,7-9H2,1-2H3. The molecule has 2 heterocycles. The van der Waals surface area contributed by atoms with Crippen LogP contribution in [0, 0.1) is 5.92 Å². The number of aliphatic hydroxyl groups is 1. The van der Waals surface area contributed by atoms with Crippen LogP contribution in [0.2, 0.25) is 0 Å². The summed E-state index contributed by atoms with van der Waals surface area (Å²) in [6.07, 6.45) is 4.35. The number of ether oxygens (including phenoxy) is 1. The molecule has 0 amide bonds. The predicted molar refractivity (Wildman–Crippen MR) is 65.9 cm³/mol. The fourth-order valence-electron chi connectivity index (χ4n) is 2.16. The lowest BCUT2D eigenvalue weighted by molar-refractivity contribution is 0.0909. The molecule has 0 aromatic carbocycles. The smallest absolute Gasteiger partial charge is 0.0650 e. The second kappa shape index (κ2) is 5.65. The Morgan fingerprint density at radius 1 is 1.65 bits per heavy atom. The Morgan fingerprint density at radius 3 is 3.12 bits per heavy atom. The average molecular weight is 238 g/mol. The molecule has 4 heteroatoms. The fourth-order valence-corrected chi connectivity index (χ4v) is 2.16. The van der Waals surface area contributed by atoms with Crippen molar-refractivity contribution in [1.29, 1.82) is 0 Å². The molecule has 1 aromatic rings. The maximum atomic E-state index is 10.1. The predicted octanol–water partition coefficient (Wildman–Crippen LogP) is 1.79. The Labute approximate surface area is 103 Å². The molecule has 1 aliphatic heterocycles. The summed E-state index contributed by atoms with van der Waals surface area (Å²) in [7, 11) is 0. The van der Waals surface area contributed by atoms with Gasteiger partial charge in [-0.3, -0.25) is 4.68 Å². The van der Waals surface area contributed by atoms with Gasteiger partial charge in [-0.25, -0.2) is 0 Å². The number of aromatic nitrogens is 2. The van der Waals surface area contributed by atoms with Gasteiger partial charge in [0, 0.05) is 31.2 Å². The fraction of sp³-hybridized carbons (Fsp3) is 0.769. The van der Waals surface area contributed by atoms with E-state index in [2.05, 4.69) is 18.9 Å². The van der Waals surface area contributed by atoms with Gasteiger partial charge in [-0.15, -0.1) is 0 Å². The van der Waals surface area contributed by atoms with Crippen LogP contribution in [0.1, 0.15) is 38.4 Å². The monoisotopic (exact) mass is 238 g/mol. The van der Waals surface area contributed by atoms with Crippen LogP contribution < -0.4 is 0 Å². The summed E-state index contributed by atoms with van der Waals surface area (Å²) in [6.45, 7) is 5.77. The second-order valence-corrected chi connectivity index (χ2v) is 4.94. The van der Waals surface area contributed by atoms with E-state index in [4.69, 9.17) is 4.74 Å². The zero-order valence-corrected chi connectivity index (χ0v) is 10.7. The van der Waals surface area contributed by atoms with Gasteiger partial charge in [-0.05, 0) is 25.8 Å². The molecule has 3 unspecified atom stereocenters. The van der Waals surface area contributed by atoms with Gasteiger partial charge < -0.3 is 9.84 Å². The Hall–Kier alpha value is -0.870. The minimum Gasteiger partial charge on any atom is -0.392 e. The molecule has 0 aliphatic carbocycles. The Bertz CT molecular complexity index is 345. The first-order chi connectivity index (χ1) is 8.20. The molecule has 4 nitrogen and oxygen atoms in total. The van der Waals surface area contributed by atoms with Crippen molar-refractivity contribution in [3.05, 3.63) is 18.0 Å². The van der Waals surface area contributed by atoms with E-state index < -0.39 is 0 Å². The molecule has 17 heavy (non-hydrogen) atoms. The molecule has 1 aromatic heterocycles. The van der Waals surface area contributed by atoms with E-state index in [1.54, 1.807) is 0 Å². The first-order valence-electron chi connectivity index (χ1n) is 6.50. The molecule has 1 saturated heterocycles. The summed E-state index contributed by atoms with van der Waals surface area (Å²) in [5, 5.41) is 14.6. The van der Waals surface area contributed by atoms with Gasteiger partial charge in [0.2, 0.25) is 0 Å². The van der Waals surface area contributed by atoms with Crippen molar-refractivity contribution in [1.82, 2.24) is 9.78 Å². The Kier molecular flexibility index (Phi) is 4.18. The summed E-state index contributed by atoms with van der Waals surface area (Å²) >= 11 is 0. The summed E-state index contributed by atoms with van der Waals surface area (Å²) in [6, 6.07) is 2.43. The largest absolute Gasteiger partial charge is 0.392 e. The van der Waals surface area contributed by atoms with Crippen LogP contribution in [-0.4, -0.2) is 34.2 Å². The number of nitrogens with zero attached hydrogens (tertiary/aromatic N) is 2. The minimum atomic E-state index is -0.321. The highest BCUT2D eigenvalue weighted by atomic mass is 16.5. The van der Waals surface area contributed by atoms with Crippen molar-refractivity contribution in [2.24, 2.45) is 5.92 Å². The summed E-state index contributed by atoms with van der Waals surface area (Å²) in [5.41, 5.74) is 0.977. The summed E-state index contributed by atoms with van der Waals surface area (Å²) < 4.78 is 7.27. The van der Waals surface area contributed by atoms with Gasteiger partial charge >= 0.3 is 0 Å². The van der Waals surface area contributed by atoms with Crippen molar-refractivity contribution in [2.45, 2.75) is 45.3 Å². The number of rotatable bonds is 5. The van der Waals surface area contributed by atoms with Crippen LogP contribution in [0.25, 0.3) is 0 Å². The lowest BCUT2D eigenvalue weighted by Crippen LogP contribution is -2.23. The molecular formula is C13H22N2O2. The van der Waals surface area contributed by atoms with Crippen molar-refractivity contribution in [3.63, 3.8) is 0 Å². The van der Waals surface area contributed by atoms with E-state index in [0.29, 0.717) is 19.1 Å². The third kappa shape index (κ3) is 3.07. The van der Waals surface area contributed by atoms with Crippen molar-refractivity contribution in [2.75, 3.05) is 13.2 Å². The van der Waals surface area contributed by atoms with Gasteiger partial charge in [0.25, 0.3) is 0 Å². The molecule has 0 radical (unpaired) electrons. The molecule has 0 bridgehead atoms. The quantitative estimate of drug-likeness (QED) is 0.850. The summed E-state index contributed by atoms with van der Waals surface area (Å²) in [4.78, 5) is 0. The maximum Gasteiger partial charge on any atom is 0.0650 e. The molecular weight excluding hydrogens is 216 g/mol. The normalized spacial score (nSPS) is 23.8. The van der Waals surface area contributed by atoms with Gasteiger partial charge in [0.15, 0.2) is 0 Å². The van der Waals surface area contributed by atoms with E-state index in [0.717, 1.165) is 25.1 Å². The molecule has 1 fully saturated rings. The third-order valence-corrected chi connectivity index (χ3v) is 3.63. The Balaban J connectivity index is 1.91. The highest BCUT2D eigenvalue weighted by Gasteiger charge is 2.24. The van der Waals surface area contributed by atoms with Gasteiger partial charge in [0.05, 0.1) is 18.4 Å². The first-order valence-corrected chi connectivity index (χ1v) is 6.50. The number of aliphatic hydroxyl groups excluding tert-OH is 1. The van der Waals surface area contributed by atoms with Crippen LogP contribution in [0.4, 0.5) is 0 Å². The molecule has 0 spiro atoms. The van der Waals surface area contributed by atoms with E-state index in [9.17, 15) is 5.11 Å². The Morgan fingerprint density at radius 2 is 2.47 bits per heavy atom. The van der Waals surface area contributed by atoms with Gasteiger partial charge in [-0.1, -0.05) is 6.92 Å². The zero-order chi connectivity index (χ0) is 12.3. The lowest BCUT2D eigenvalue weighted by atomic mass is 9.98. The molecule has 2 rings (SSSR count). The van der Waals surface area contributed by atoms with Crippen LogP contribution >= 0.6 is 0 Å². The maximum absolute atomic E-state index is 10.1. The third-order valence-electron chi connectivity index (χ3n) is 3.63. The van der Waals surface area contributed by atoms with Crippen molar-refractivity contribution < 1.29 is 9.84 Å². The van der Waals surface area contributed by atoms with E-state index in [1.807, 2.05) is 16.9 Å². The lowest BCUT2D eigenvalue weighted by Gasteiger charge is -2.15. The molecule has 1 N–H and O–H groups in total. The molecule has 1 aliphatic rings. The van der Waals surface area contributed by atoms with Crippen LogP contribution in [0.5, 0.6) is 0 Å². The topological polar surface area (TPSA) is 47.3 Å². The highest BCUT2D eigenvalue weighted by Crippen LogP contribution is 2.19. The van der Waals surface area contributed by atoms with E-state index in [-0.39, 0.29) is 12.0 Å². The van der Waals surface area contributed by atoms with Crippen LogP contribution in [-0.2, 0) is 11.2 Å². The SMILES string of the molecule is CCC(C)n1ccc(CC(O)C2CCOC2)n1. The minimum absolute atomic E-state index is 0.281. The molecule has 0 saturated carbocycles. The van der Waals surface area contributed by atoms with Crippen molar-refractivity contribution >= 4 is 0 Å². The summed E-state index contributed by atoms with van der Waals surface area (Å²) in [5.74, 6) is 0.281. The first kappa shape index (κ1) is 12.6. The van der Waals surface area contributed by atoms with Crippen LogP contribution in [0.3, 0.4) is 0 Å². The van der Waals surface area contributed by atoms with E-state index in [1.165, 1.54) is 0 Å². The van der Waals surface area contributed by atoms with Gasteiger partial charge in [-0.2, -0.15) is 5.10 Å². The van der Waals surface area contributed by atoms with Crippen molar-refractivity contribution in [3.8, 4) is 0 Å². The second-order valence-electron chi connectivity index (χ2n) is 4.94. The number of hydrogen-bond donors (Lipinski definition) is 1. The zero-order valence-electron chi connectivity index (χ0n) is 10.7. The molecule has 3 atom stereocenters. The van der Waals surface area contributed by atoms with Crippen LogP contribution in [0.15, 0.2) is 12.3 Å². The average Bonchev–Trinajstić information content (AvgIpc) is 2.98.